The first-order valence-corrected chi connectivity index (χ1v) is 9.46. The van der Waals surface area contributed by atoms with Crippen molar-refractivity contribution in [2.45, 2.75) is 33.2 Å². The van der Waals surface area contributed by atoms with Gasteiger partial charge in [-0.2, -0.15) is 0 Å². The molecule has 5 heteroatoms. The van der Waals surface area contributed by atoms with Gasteiger partial charge in [0.25, 0.3) is 0 Å². The number of hydrogen-bond donors (Lipinski definition) is 0. The number of fused-ring (bicyclic) bond motifs is 1. The third kappa shape index (κ3) is 3.74. The van der Waals surface area contributed by atoms with Crippen molar-refractivity contribution in [3.05, 3.63) is 94.3 Å². The minimum atomic E-state index is -0.655. The van der Waals surface area contributed by atoms with Crippen LogP contribution < -0.4 is 9.47 Å². The van der Waals surface area contributed by atoms with E-state index in [1.165, 1.54) is 0 Å². The van der Waals surface area contributed by atoms with Gasteiger partial charge in [-0.3, -0.25) is 0 Å². The van der Waals surface area contributed by atoms with E-state index in [9.17, 15) is 4.79 Å². The highest BCUT2D eigenvalue weighted by Crippen LogP contribution is 2.43. The Balaban J connectivity index is 1.77. The Hall–Kier alpha value is -3.18. The molecule has 3 aromatic rings. The highest BCUT2D eigenvalue weighted by Gasteiger charge is 2.34. The van der Waals surface area contributed by atoms with E-state index in [2.05, 4.69) is 0 Å². The second kappa shape index (κ2) is 8.05. The van der Waals surface area contributed by atoms with Gasteiger partial charge in [0.15, 0.2) is 0 Å². The van der Waals surface area contributed by atoms with Gasteiger partial charge < -0.3 is 14.2 Å². The summed E-state index contributed by atoms with van der Waals surface area (Å²) in [5, 5.41) is 0. The minimum Gasteiger partial charge on any atom is -0.488 e. The Morgan fingerprint density at radius 2 is 1.76 bits per heavy atom. The number of hydrogen-bond acceptors (Lipinski definition) is 4. The lowest BCUT2D eigenvalue weighted by Crippen LogP contribution is -2.16. The van der Waals surface area contributed by atoms with Crippen LogP contribution in [0.15, 0.2) is 60.7 Å². The molecule has 0 fully saturated rings. The molecule has 0 saturated carbocycles. The maximum atomic E-state index is 15.0. The molecule has 0 amide bonds. The van der Waals surface area contributed by atoms with Gasteiger partial charge in [-0.05, 0) is 31.5 Å². The Morgan fingerprint density at radius 3 is 2.45 bits per heavy atom. The van der Waals surface area contributed by atoms with Crippen molar-refractivity contribution in [1.29, 1.82) is 0 Å². The van der Waals surface area contributed by atoms with Gasteiger partial charge in [-0.25, -0.2) is 9.18 Å². The number of ether oxygens (including phenoxy) is 3. The largest absolute Gasteiger partial charge is 0.488 e. The van der Waals surface area contributed by atoms with E-state index in [1.807, 2.05) is 43.3 Å². The molecule has 0 aromatic heterocycles. The Labute approximate surface area is 168 Å². The topological polar surface area (TPSA) is 44.8 Å². The molecule has 1 unspecified atom stereocenters. The number of esters is 1. The lowest BCUT2D eigenvalue weighted by atomic mass is 9.95. The average molecular weight is 392 g/mol. The smallest absolute Gasteiger partial charge is 0.347 e. The van der Waals surface area contributed by atoms with E-state index >= 15 is 4.39 Å². The molecule has 1 aliphatic heterocycles. The molecule has 1 aliphatic rings. The predicted molar refractivity (Wildman–Crippen MR) is 107 cm³/mol. The van der Waals surface area contributed by atoms with Gasteiger partial charge in [0, 0.05) is 16.7 Å². The second-order valence-corrected chi connectivity index (χ2v) is 6.97. The van der Waals surface area contributed by atoms with Crippen molar-refractivity contribution >= 4 is 5.97 Å². The number of benzene rings is 3. The molecule has 1 heterocycles. The molecule has 4 rings (SSSR count). The molecule has 0 N–H and O–H groups in total. The molecule has 1 atom stereocenters. The quantitative estimate of drug-likeness (QED) is 0.423. The summed E-state index contributed by atoms with van der Waals surface area (Å²) in [4.78, 5) is 13.0. The molecule has 3 aromatic carbocycles. The summed E-state index contributed by atoms with van der Waals surface area (Å²) in [6.07, 6.45) is -0.380. The van der Waals surface area contributed by atoms with Crippen LogP contribution in [0.4, 0.5) is 4.39 Å². The van der Waals surface area contributed by atoms with Crippen LogP contribution in [0.2, 0.25) is 0 Å². The fourth-order valence-electron chi connectivity index (χ4n) is 3.53. The van der Waals surface area contributed by atoms with Crippen molar-refractivity contribution in [1.82, 2.24) is 0 Å². The van der Waals surface area contributed by atoms with Crippen LogP contribution in [0.5, 0.6) is 11.5 Å². The van der Waals surface area contributed by atoms with E-state index in [0.717, 1.165) is 5.56 Å². The van der Waals surface area contributed by atoms with Crippen LogP contribution in [0, 0.1) is 12.7 Å². The zero-order valence-corrected chi connectivity index (χ0v) is 16.3. The predicted octanol–water partition coefficient (Wildman–Crippen LogP) is 5.52. The van der Waals surface area contributed by atoms with Gasteiger partial charge in [0.05, 0.1) is 12.7 Å². The third-order valence-corrected chi connectivity index (χ3v) is 5.03. The van der Waals surface area contributed by atoms with E-state index in [-0.39, 0.29) is 30.4 Å². The molecular weight excluding hydrogens is 371 g/mol. The summed E-state index contributed by atoms with van der Waals surface area (Å²) in [5.74, 6) is -0.390. The summed E-state index contributed by atoms with van der Waals surface area (Å²) < 4.78 is 32.2. The van der Waals surface area contributed by atoms with Gasteiger partial charge in [0.1, 0.15) is 29.5 Å². The van der Waals surface area contributed by atoms with Crippen LogP contribution in [0.1, 0.15) is 45.6 Å². The zero-order valence-electron chi connectivity index (χ0n) is 16.3. The van der Waals surface area contributed by atoms with Gasteiger partial charge in [0.2, 0.25) is 0 Å². The van der Waals surface area contributed by atoms with Crippen LogP contribution in [-0.2, 0) is 18.0 Å². The van der Waals surface area contributed by atoms with Crippen molar-refractivity contribution in [3.63, 3.8) is 0 Å². The second-order valence-electron chi connectivity index (χ2n) is 6.97. The monoisotopic (exact) mass is 392 g/mol. The molecule has 0 aliphatic carbocycles. The van der Waals surface area contributed by atoms with E-state index in [0.29, 0.717) is 22.6 Å². The lowest BCUT2D eigenvalue weighted by molar-refractivity contribution is 0.0723. The lowest BCUT2D eigenvalue weighted by Gasteiger charge is -2.19. The van der Waals surface area contributed by atoms with Crippen molar-refractivity contribution < 1.29 is 23.4 Å². The first-order chi connectivity index (χ1) is 14.1. The average Bonchev–Trinajstić information content (AvgIpc) is 3.12. The zero-order chi connectivity index (χ0) is 20.4. The van der Waals surface area contributed by atoms with Crippen molar-refractivity contribution in [2.75, 3.05) is 0 Å². The molecule has 148 valence electrons. The van der Waals surface area contributed by atoms with E-state index in [1.54, 1.807) is 31.2 Å². The molecule has 0 saturated heterocycles. The van der Waals surface area contributed by atoms with Crippen molar-refractivity contribution in [3.8, 4) is 11.5 Å². The first-order valence-electron chi connectivity index (χ1n) is 9.46. The maximum Gasteiger partial charge on any atom is 0.347 e. The summed E-state index contributed by atoms with van der Waals surface area (Å²) in [5.41, 5.74) is 2.25. The molecule has 0 radical (unpaired) electrons. The Morgan fingerprint density at radius 1 is 1.10 bits per heavy atom. The summed E-state index contributed by atoms with van der Waals surface area (Å²) in [7, 11) is 0. The molecule has 0 bridgehead atoms. The molecule has 29 heavy (non-hydrogen) atoms. The number of rotatable bonds is 5. The fourth-order valence-corrected chi connectivity index (χ4v) is 3.53. The highest BCUT2D eigenvalue weighted by atomic mass is 19.1. The Bertz CT molecular complexity index is 1030. The molecule has 4 nitrogen and oxygen atoms in total. The standard InChI is InChI=1S/C24H21FO4/c1-15-20(24(26)29-18-11-7-4-8-12-18)23(28-13-17-9-5-3-6-10-17)21-16(2)27-14-19(21)22(15)25/h3-12,16H,13-14H2,1-2H3. The van der Waals surface area contributed by atoms with Crippen LogP contribution >= 0.6 is 0 Å². The third-order valence-electron chi connectivity index (χ3n) is 5.03. The Kier molecular flexibility index (Phi) is 5.32. The summed E-state index contributed by atoms with van der Waals surface area (Å²) in [6, 6.07) is 18.3. The fraction of sp³-hybridized carbons (Fsp3) is 0.208. The van der Waals surface area contributed by atoms with Crippen molar-refractivity contribution in [2.24, 2.45) is 0 Å². The molecule has 0 spiro atoms. The normalized spacial score (nSPS) is 15.1. The molecular formula is C24H21FO4. The number of para-hydroxylation sites is 1. The minimum absolute atomic E-state index is 0.0957. The van der Waals surface area contributed by atoms with Crippen LogP contribution in [-0.4, -0.2) is 5.97 Å². The first kappa shape index (κ1) is 19.2. The number of halogens is 1. The van der Waals surface area contributed by atoms with E-state index < -0.39 is 11.8 Å². The van der Waals surface area contributed by atoms with Crippen LogP contribution in [0.3, 0.4) is 0 Å². The van der Waals surface area contributed by atoms with Crippen LogP contribution in [0.25, 0.3) is 0 Å². The van der Waals surface area contributed by atoms with Gasteiger partial charge in [-0.15, -0.1) is 0 Å². The van der Waals surface area contributed by atoms with Gasteiger partial charge in [-0.1, -0.05) is 48.5 Å². The summed E-state index contributed by atoms with van der Waals surface area (Å²) >= 11 is 0. The number of carbonyl (C=O) groups is 1. The highest BCUT2D eigenvalue weighted by molar-refractivity contribution is 5.96. The summed E-state index contributed by atoms with van der Waals surface area (Å²) in [6.45, 7) is 3.79. The van der Waals surface area contributed by atoms with Gasteiger partial charge >= 0.3 is 5.97 Å². The number of carbonyl (C=O) groups excluding carboxylic acids is 1. The SMILES string of the molecule is Cc1c(F)c2c(c(OCc3ccccc3)c1C(=O)Oc1ccccc1)C(C)OC2. The maximum absolute atomic E-state index is 15.0. The van der Waals surface area contributed by atoms with E-state index in [4.69, 9.17) is 14.2 Å².